The van der Waals surface area contributed by atoms with Crippen molar-refractivity contribution in [1.82, 2.24) is 50.0 Å². The van der Waals surface area contributed by atoms with Crippen molar-refractivity contribution in [2.24, 2.45) is 46.8 Å². The molecule has 4 saturated heterocycles. The van der Waals surface area contributed by atoms with Crippen LogP contribution in [-0.4, -0.2) is 259 Å². The zero-order valence-electron chi connectivity index (χ0n) is 78.7. The minimum absolute atomic E-state index is 0.0173. The third-order valence-corrected chi connectivity index (χ3v) is 24.2. The van der Waals surface area contributed by atoms with Crippen molar-refractivity contribution >= 4 is 81.5 Å². The first kappa shape index (κ1) is 114. The van der Waals surface area contributed by atoms with Crippen molar-refractivity contribution in [1.29, 1.82) is 0 Å². The van der Waals surface area contributed by atoms with Crippen molar-refractivity contribution in [2.45, 2.75) is 307 Å². The molecule has 9 aliphatic rings. The summed E-state index contributed by atoms with van der Waals surface area (Å²) < 4.78 is 26.1. The smallest absolute Gasteiger partial charge is 0.411 e. The van der Waals surface area contributed by atoms with E-state index in [9.17, 15) is 57.8 Å². The maximum absolute atomic E-state index is 12.9. The molecular weight excluding hydrogens is 1760 g/mol. The van der Waals surface area contributed by atoms with Gasteiger partial charge >= 0.3 is 60.7 Å². The molecule has 4 atom stereocenters. The number of aliphatic hydroxyl groups excluding tert-OH is 1. The Bertz CT molecular complexity index is 4070. The van der Waals surface area contributed by atoms with Gasteiger partial charge in [0, 0.05) is 107 Å². The van der Waals surface area contributed by atoms with Gasteiger partial charge in [0.15, 0.2) is 0 Å². The largest absolute Gasteiger partial charge is 0.481 e. The van der Waals surface area contributed by atoms with Crippen LogP contribution in [0.2, 0.25) is 0 Å². The van der Waals surface area contributed by atoms with E-state index in [0.717, 1.165) is 134 Å². The van der Waals surface area contributed by atoms with Gasteiger partial charge in [0.05, 0.1) is 66.7 Å². The number of pyridine rings is 2. The van der Waals surface area contributed by atoms with E-state index in [0.29, 0.717) is 122 Å². The standard InChI is InChI=1S/C22H33N3O5.C20H27N5O2.C19H29N3O5.C10H17NO2.C9H17NO2.C7H9BrN2O.C6H8N2.C3H6O/c1-6-14-29-20(27)16-9-11-17(12-10-16)25(21(28)30-22(2,3)4)15-19(26)24-13-7-8-18(24)23-5;1-21-18-6-4-12-25(18)19(26)14-23-16-9-7-15(8-10-16)20(27)24-13-17-5-2-3-11-22-17;1-19(2,3)27-18(26)22(14-9-7-13(8-10-14)17(24)25)12-16(23)21-11-5-6-15(21)20-4;1-2-7-13-10(12)8-3-5-9(11)6-4-8;1-2-12-9(11)7-3-5-8(10)6-4-7;1-9-6-3-2-4-10(6)7(11)5-8;7-5-6-3-1-2-4-8-6;1-2-3-4/h6,16-18H,1,7-15H2,2-4H3;2-3,5,11,15-16,18,23H,4,6-10,12-14H2,(H,24,27);13-15H,5-12H2,1-3H3,(H,24,25);2,8-9H,1,3-7,11H2;7-8H,2-6,10H2,1H3;6H,2-5H2;1-4H,5,7H2;2,4H,1,3H2/t16?,17?,18-;15?,16?,18-;13?,14?,15-;;;6-;;/m000..0../s1. The topological polar surface area (TPSA) is 439 Å². The predicted octanol–water partition coefficient (Wildman–Crippen LogP) is 12.1. The van der Waals surface area contributed by atoms with Gasteiger partial charge in [0.1, 0.15) is 37.5 Å². The fourth-order valence-corrected chi connectivity index (χ4v) is 16.9. The normalized spacial score (nSPS) is 23.9. The Labute approximate surface area is 789 Å². The van der Waals surface area contributed by atoms with Gasteiger partial charge in [-0.15, -0.1) is 6.58 Å². The molecule has 0 bridgehead atoms. The van der Waals surface area contributed by atoms with Crippen LogP contribution in [0, 0.1) is 55.9 Å². The second-order valence-corrected chi connectivity index (χ2v) is 36.4. The molecule has 7 amide bonds. The number of esters is 3. The van der Waals surface area contributed by atoms with E-state index in [-0.39, 0.29) is 140 Å². The molecule has 10 N–H and O–H groups in total. The molecule has 0 unspecified atom stereocenters. The van der Waals surface area contributed by atoms with Crippen molar-refractivity contribution in [3.63, 3.8) is 0 Å². The van der Waals surface area contributed by atoms with E-state index < -0.39 is 47.6 Å². The number of nitrogens with two attached hydrogens (primary N) is 3. The van der Waals surface area contributed by atoms with Crippen LogP contribution in [0.15, 0.2) is 86.8 Å². The van der Waals surface area contributed by atoms with Crippen LogP contribution in [0.25, 0.3) is 19.4 Å². The molecule has 2 aromatic rings. The van der Waals surface area contributed by atoms with Crippen LogP contribution in [0.1, 0.15) is 240 Å². The monoisotopic (exact) mass is 1900 g/mol. The van der Waals surface area contributed by atoms with Crippen LogP contribution < -0.4 is 27.8 Å². The number of aliphatic hydroxyl groups is 1. The molecule has 35 nitrogen and oxygen atoms in total. The first-order chi connectivity index (χ1) is 63.1. The van der Waals surface area contributed by atoms with E-state index in [4.69, 9.17) is 72.3 Å². The van der Waals surface area contributed by atoms with Crippen molar-refractivity contribution in [3.8, 4) is 0 Å². The van der Waals surface area contributed by atoms with Crippen molar-refractivity contribution in [2.75, 3.05) is 77.6 Å². The van der Waals surface area contributed by atoms with Gasteiger partial charge in [-0.05, 0) is 227 Å². The highest BCUT2D eigenvalue weighted by molar-refractivity contribution is 9.09. The van der Waals surface area contributed by atoms with Crippen molar-refractivity contribution < 1.29 is 86.6 Å². The van der Waals surface area contributed by atoms with Crippen molar-refractivity contribution in [3.05, 3.63) is 144 Å². The molecule has 132 heavy (non-hydrogen) atoms. The number of aromatic nitrogens is 2. The van der Waals surface area contributed by atoms with E-state index in [1.807, 2.05) is 43.3 Å². The van der Waals surface area contributed by atoms with E-state index in [1.54, 1.807) is 74.7 Å². The molecule has 0 spiro atoms. The zero-order valence-corrected chi connectivity index (χ0v) is 80.2. The molecule has 36 heteroatoms. The summed E-state index contributed by atoms with van der Waals surface area (Å²) in [6.45, 7) is 55.9. The molecule has 11 rings (SSSR count). The summed E-state index contributed by atoms with van der Waals surface area (Å²) in [4.78, 5) is 164. The first-order valence-corrected chi connectivity index (χ1v) is 47.6. The second kappa shape index (κ2) is 62.1. The zero-order chi connectivity index (χ0) is 97.7. The predicted molar refractivity (Wildman–Crippen MR) is 502 cm³/mol. The number of aliphatic carboxylic acids is 1. The average Bonchev–Trinajstić information content (AvgIpc) is 1.36. The number of likely N-dealkylation sites (tertiary alicyclic amines) is 4. The fraction of sp³-hybridized carbons (Fsp3) is 0.677. The van der Waals surface area contributed by atoms with E-state index in [2.05, 4.69) is 75.6 Å². The third kappa shape index (κ3) is 42.2. The molecule has 5 saturated carbocycles. The second-order valence-electron chi connectivity index (χ2n) is 35.8. The lowest BCUT2D eigenvalue weighted by atomic mass is 9.85. The number of carboxylic acid groups (broad SMARTS) is 1. The number of halogens is 1. The molecule has 0 radical (unpaired) electrons. The quantitative estimate of drug-likeness (QED) is 0.0169. The highest BCUT2D eigenvalue weighted by atomic mass is 79.9. The highest BCUT2D eigenvalue weighted by Crippen LogP contribution is 2.34. The molecule has 4 aliphatic heterocycles. The number of hydrogen-bond acceptors (Lipinski definition) is 23. The molecular formula is C96H146BrN17O18. The molecule has 9 fully saturated rings. The Morgan fingerprint density at radius 1 is 0.500 bits per heavy atom. The fourth-order valence-electron chi connectivity index (χ4n) is 16.6. The molecule has 5 aliphatic carbocycles. The number of nitrogens with zero attached hydrogens (tertiary/aromatic N) is 12. The number of hydrogen-bond donors (Lipinski definition) is 7. The minimum Gasteiger partial charge on any atom is -0.481 e. The number of carboxylic acids is 1. The average molecular weight is 1910 g/mol. The van der Waals surface area contributed by atoms with Crippen LogP contribution in [0.4, 0.5) is 9.59 Å². The number of amides is 7. The summed E-state index contributed by atoms with van der Waals surface area (Å²) in [7, 11) is 0. The third-order valence-electron chi connectivity index (χ3n) is 23.8. The number of carbonyl (C=O) groups is 11. The van der Waals surface area contributed by atoms with Gasteiger partial charge in [-0.25, -0.2) is 35.9 Å². The van der Waals surface area contributed by atoms with Gasteiger partial charge < -0.3 is 61.7 Å². The maximum atomic E-state index is 12.9. The van der Waals surface area contributed by atoms with Crippen LogP contribution in [0.5, 0.6) is 0 Å². The summed E-state index contributed by atoms with van der Waals surface area (Å²) >= 11 is 3.09. The van der Waals surface area contributed by atoms with Crippen LogP contribution in [0.3, 0.4) is 0 Å². The van der Waals surface area contributed by atoms with Gasteiger partial charge in [-0.1, -0.05) is 59.4 Å². The number of nitrogens with one attached hydrogen (secondary N) is 2. The number of carbonyl (C=O) groups excluding carboxylic acids is 10. The summed E-state index contributed by atoms with van der Waals surface area (Å²) in [5.41, 5.74) is 17.2. The highest BCUT2D eigenvalue weighted by Gasteiger charge is 2.43. The molecule has 730 valence electrons. The lowest BCUT2D eigenvalue weighted by Crippen LogP contribution is -2.50. The summed E-state index contributed by atoms with van der Waals surface area (Å²) in [5.74, 6) is -1.92. The Morgan fingerprint density at radius 3 is 1.17 bits per heavy atom. The lowest BCUT2D eigenvalue weighted by Gasteiger charge is -2.37. The summed E-state index contributed by atoms with van der Waals surface area (Å²) in [6, 6.07) is 11.8. The van der Waals surface area contributed by atoms with E-state index >= 15 is 0 Å². The van der Waals surface area contributed by atoms with Gasteiger partial charge in [-0.3, -0.25) is 102 Å². The SMILES string of the molecule is C=CCO.C=CCOC(=O)C1CCC(N)CC1.CCOC(=O)C1CCC(N)CC1.NCc1ccccn1.[C-]#[N+][C@@H]1CCCN1C(=O)CBr.[C-]#[N+][C@@H]1CCCN1C(=O)CN(C(=O)OC(C)(C)C)C1CCC(C(=O)O)CC1.[C-]#[N+][C@@H]1CCCN1C(=O)CN(C(=O)OC(C)(C)C)C1CCC(C(=O)OCC=C)CC1.[C-]#[N+][C@@H]1CCCN1C(=O)CNC1CCC(C(=O)NCc2ccccn2)CC1. The minimum atomic E-state index is -0.815. The van der Waals surface area contributed by atoms with Crippen LogP contribution >= 0.6 is 15.9 Å². The number of alkyl halides is 1. The van der Waals surface area contributed by atoms with E-state index in [1.165, 1.54) is 26.9 Å². The Kier molecular flexibility index (Phi) is 53.6. The maximum Gasteiger partial charge on any atom is 0.411 e. The van der Waals surface area contributed by atoms with Crippen LogP contribution in [-0.2, 0) is 79.9 Å². The molecule has 2 aromatic heterocycles. The molecule has 6 heterocycles. The molecule has 0 aromatic carbocycles. The Hall–Kier alpha value is -10.5. The lowest BCUT2D eigenvalue weighted by molar-refractivity contribution is -0.149. The summed E-state index contributed by atoms with van der Waals surface area (Å²) in [5, 5.41) is 23.6. The number of rotatable bonds is 24. The summed E-state index contributed by atoms with van der Waals surface area (Å²) in [6.07, 6.45) is 27.1. The van der Waals surface area contributed by atoms with Gasteiger partial charge in [-0.2, -0.15) is 0 Å². The Morgan fingerprint density at radius 2 is 0.848 bits per heavy atom. The number of ether oxygens (including phenoxy) is 5. The Balaban J connectivity index is 0.000000333. The first-order valence-electron chi connectivity index (χ1n) is 46.4. The van der Waals surface area contributed by atoms with Gasteiger partial charge in [0.2, 0.25) is 29.5 Å². The van der Waals surface area contributed by atoms with Gasteiger partial charge in [0.25, 0.3) is 0 Å².